The minimum atomic E-state index is -0.791. The highest BCUT2D eigenvalue weighted by Gasteiger charge is 2.24. The van der Waals surface area contributed by atoms with Crippen LogP contribution in [0, 0.1) is 20.2 Å². The second kappa shape index (κ2) is 7.79. The first-order valence-corrected chi connectivity index (χ1v) is 8.03. The van der Waals surface area contributed by atoms with E-state index in [2.05, 4.69) is 0 Å². The fraction of sp³-hybridized carbons (Fsp3) is 0.235. The number of nitro groups is 2. The summed E-state index contributed by atoms with van der Waals surface area (Å²) in [6, 6.07) is 9.10. The maximum Gasteiger partial charge on any atom is 0.343 e. The number of carbonyl (C=O) groups is 1. The molecule has 10 heteroatoms. The first-order chi connectivity index (χ1) is 13.0. The third-order valence-electron chi connectivity index (χ3n) is 4.02. The van der Waals surface area contributed by atoms with E-state index in [1.165, 1.54) is 42.5 Å². The summed E-state index contributed by atoms with van der Waals surface area (Å²) >= 11 is 0. The molecule has 3 rings (SSSR count). The summed E-state index contributed by atoms with van der Waals surface area (Å²) in [5, 5.41) is 22.1. The van der Waals surface area contributed by atoms with Gasteiger partial charge in [0.2, 0.25) is 0 Å². The van der Waals surface area contributed by atoms with E-state index in [0.29, 0.717) is 32.0 Å². The third-order valence-corrected chi connectivity index (χ3v) is 4.02. The second-order valence-corrected chi connectivity index (χ2v) is 5.70. The van der Waals surface area contributed by atoms with Crippen LogP contribution in [0.1, 0.15) is 10.4 Å². The van der Waals surface area contributed by atoms with E-state index < -0.39 is 15.8 Å². The van der Waals surface area contributed by atoms with Gasteiger partial charge in [-0.15, -0.1) is 0 Å². The van der Waals surface area contributed by atoms with E-state index in [9.17, 15) is 25.0 Å². The van der Waals surface area contributed by atoms with Gasteiger partial charge in [0.1, 0.15) is 11.4 Å². The van der Waals surface area contributed by atoms with E-state index in [1.54, 1.807) is 0 Å². The fourth-order valence-corrected chi connectivity index (χ4v) is 2.67. The normalized spacial score (nSPS) is 13.9. The molecule has 1 fully saturated rings. The van der Waals surface area contributed by atoms with Crippen LogP contribution in [0.5, 0.6) is 5.75 Å². The topological polar surface area (TPSA) is 125 Å². The van der Waals surface area contributed by atoms with Crippen molar-refractivity contribution < 1.29 is 24.1 Å². The van der Waals surface area contributed by atoms with Crippen LogP contribution in [0.25, 0.3) is 0 Å². The Morgan fingerprint density at radius 3 is 2.26 bits per heavy atom. The molecular weight excluding hydrogens is 358 g/mol. The van der Waals surface area contributed by atoms with Gasteiger partial charge in [0, 0.05) is 31.3 Å². The molecule has 0 amide bonds. The fourth-order valence-electron chi connectivity index (χ4n) is 2.67. The van der Waals surface area contributed by atoms with Crippen molar-refractivity contribution in [1.29, 1.82) is 0 Å². The summed E-state index contributed by atoms with van der Waals surface area (Å²) in [6.07, 6.45) is 0. The molecule has 0 radical (unpaired) electrons. The van der Waals surface area contributed by atoms with Crippen LogP contribution in [-0.2, 0) is 4.74 Å². The van der Waals surface area contributed by atoms with Crippen LogP contribution in [-0.4, -0.2) is 42.1 Å². The molecule has 140 valence electrons. The van der Waals surface area contributed by atoms with Crippen molar-refractivity contribution in [2.75, 3.05) is 31.2 Å². The minimum absolute atomic E-state index is 0.0112. The number of hydrogen-bond acceptors (Lipinski definition) is 8. The predicted molar refractivity (Wildman–Crippen MR) is 94.2 cm³/mol. The number of carbonyl (C=O) groups excluding carboxylic acids is 1. The molecular formula is C17H15N3O7. The summed E-state index contributed by atoms with van der Waals surface area (Å²) in [7, 11) is 0. The lowest BCUT2D eigenvalue weighted by Crippen LogP contribution is -2.36. The molecule has 0 bridgehead atoms. The highest BCUT2D eigenvalue weighted by atomic mass is 16.6. The zero-order valence-corrected chi connectivity index (χ0v) is 14.1. The number of anilines is 1. The van der Waals surface area contributed by atoms with Crippen molar-refractivity contribution in [2.24, 2.45) is 0 Å². The monoisotopic (exact) mass is 373 g/mol. The van der Waals surface area contributed by atoms with Crippen molar-refractivity contribution in [2.45, 2.75) is 0 Å². The molecule has 27 heavy (non-hydrogen) atoms. The van der Waals surface area contributed by atoms with Gasteiger partial charge in [-0.1, -0.05) is 0 Å². The Hall–Kier alpha value is -3.53. The average molecular weight is 373 g/mol. The Kier molecular flexibility index (Phi) is 5.27. The van der Waals surface area contributed by atoms with Gasteiger partial charge in [-0.3, -0.25) is 20.2 Å². The molecule has 0 aliphatic carbocycles. The molecule has 10 nitrogen and oxygen atoms in total. The molecule has 0 unspecified atom stereocenters. The standard InChI is InChI=1S/C17H15N3O7/c21-17(27-14-4-2-13(3-5-14)19(22)23)12-1-6-15(16(11-12)20(24)25)18-7-9-26-10-8-18/h1-6,11H,7-10H2. The third kappa shape index (κ3) is 4.18. The first-order valence-electron chi connectivity index (χ1n) is 8.03. The quantitative estimate of drug-likeness (QED) is 0.339. The van der Waals surface area contributed by atoms with Gasteiger partial charge in [-0.05, 0) is 24.3 Å². The van der Waals surface area contributed by atoms with Gasteiger partial charge in [0.25, 0.3) is 11.4 Å². The molecule has 1 heterocycles. The Balaban J connectivity index is 1.81. The Morgan fingerprint density at radius 2 is 1.67 bits per heavy atom. The molecule has 0 spiro atoms. The lowest BCUT2D eigenvalue weighted by molar-refractivity contribution is -0.384. The number of nitro benzene ring substituents is 2. The van der Waals surface area contributed by atoms with Crippen molar-refractivity contribution in [1.82, 2.24) is 0 Å². The van der Waals surface area contributed by atoms with E-state index >= 15 is 0 Å². The van der Waals surface area contributed by atoms with Crippen LogP contribution in [0.4, 0.5) is 17.1 Å². The zero-order chi connectivity index (χ0) is 19.4. The van der Waals surface area contributed by atoms with Crippen LogP contribution in [0.3, 0.4) is 0 Å². The van der Waals surface area contributed by atoms with E-state index in [0.717, 1.165) is 0 Å². The van der Waals surface area contributed by atoms with Gasteiger partial charge >= 0.3 is 5.97 Å². The van der Waals surface area contributed by atoms with Crippen LogP contribution in [0.15, 0.2) is 42.5 Å². The van der Waals surface area contributed by atoms with E-state index in [4.69, 9.17) is 9.47 Å². The second-order valence-electron chi connectivity index (χ2n) is 5.70. The maximum absolute atomic E-state index is 12.3. The van der Waals surface area contributed by atoms with Crippen molar-refractivity contribution in [3.8, 4) is 5.75 Å². The molecule has 0 atom stereocenters. The van der Waals surface area contributed by atoms with Gasteiger partial charge in [-0.2, -0.15) is 0 Å². The number of non-ortho nitro benzene ring substituents is 1. The Bertz CT molecular complexity index is 877. The first kappa shape index (κ1) is 18.3. The molecule has 0 N–H and O–H groups in total. The lowest BCUT2D eigenvalue weighted by atomic mass is 10.1. The molecule has 0 saturated carbocycles. The van der Waals surface area contributed by atoms with E-state index in [-0.39, 0.29) is 22.7 Å². The van der Waals surface area contributed by atoms with Gasteiger partial charge < -0.3 is 14.4 Å². The molecule has 2 aromatic rings. The van der Waals surface area contributed by atoms with Crippen molar-refractivity contribution >= 4 is 23.0 Å². The largest absolute Gasteiger partial charge is 0.423 e. The Labute approximate surface area is 153 Å². The van der Waals surface area contributed by atoms with Crippen LogP contribution < -0.4 is 9.64 Å². The summed E-state index contributed by atoms with van der Waals surface area (Å²) in [6.45, 7) is 1.99. The Morgan fingerprint density at radius 1 is 1.00 bits per heavy atom. The van der Waals surface area contributed by atoms with Gasteiger partial charge in [-0.25, -0.2) is 4.79 Å². The highest BCUT2D eigenvalue weighted by Crippen LogP contribution is 2.30. The molecule has 1 aliphatic heterocycles. The molecule has 1 aliphatic rings. The van der Waals surface area contributed by atoms with Gasteiger partial charge in [0.15, 0.2) is 0 Å². The molecule has 1 saturated heterocycles. The van der Waals surface area contributed by atoms with Gasteiger partial charge in [0.05, 0.1) is 28.6 Å². The number of hydrogen-bond donors (Lipinski definition) is 0. The molecule has 2 aromatic carbocycles. The maximum atomic E-state index is 12.3. The lowest BCUT2D eigenvalue weighted by Gasteiger charge is -2.28. The predicted octanol–water partition coefficient (Wildman–Crippen LogP) is 2.56. The van der Waals surface area contributed by atoms with Crippen molar-refractivity contribution in [3.05, 3.63) is 68.3 Å². The van der Waals surface area contributed by atoms with Crippen LogP contribution >= 0.6 is 0 Å². The van der Waals surface area contributed by atoms with Crippen molar-refractivity contribution in [3.63, 3.8) is 0 Å². The summed E-state index contributed by atoms with van der Waals surface area (Å²) in [4.78, 5) is 35.1. The number of morpholine rings is 1. The number of nitrogens with zero attached hydrogens (tertiary/aromatic N) is 3. The number of rotatable bonds is 5. The highest BCUT2D eigenvalue weighted by molar-refractivity contribution is 5.93. The summed E-state index contributed by atoms with van der Waals surface area (Å²) < 4.78 is 10.4. The minimum Gasteiger partial charge on any atom is -0.423 e. The average Bonchev–Trinajstić information content (AvgIpc) is 2.68. The number of ether oxygens (including phenoxy) is 2. The van der Waals surface area contributed by atoms with Crippen LogP contribution in [0.2, 0.25) is 0 Å². The number of esters is 1. The SMILES string of the molecule is O=C(Oc1ccc([N+](=O)[O-])cc1)c1ccc(N2CCOCC2)c([N+](=O)[O-])c1. The number of benzene rings is 2. The zero-order valence-electron chi connectivity index (χ0n) is 14.1. The molecule has 0 aromatic heterocycles. The smallest absolute Gasteiger partial charge is 0.343 e. The van der Waals surface area contributed by atoms with E-state index in [1.807, 2.05) is 4.90 Å². The summed E-state index contributed by atoms with van der Waals surface area (Å²) in [5.74, 6) is -0.689. The summed E-state index contributed by atoms with van der Waals surface area (Å²) in [5.41, 5.74) is 0.0857.